The molecule has 1 heterocycles. The number of aryl methyl sites for hydroxylation is 1. The minimum atomic E-state index is -2.83. The number of hydrogen-bond donors (Lipinski definition) is 1. The summed E-state index contributed by atoms with van der Waals surface area (Å²) >= 11 is 0. The molecule has 1 aliphatic rings. The van der Waals surface area contributed by atoms with E-state index in [4.69, 9.17) is 0 Å². The van der Waals surface area contributed by atoms with Gasteiger partial charge in [0.15, 0.2) is 15.8 Å². The van der Waals surface area contributed by atoms with Gasteiger partial charge in [-0.3, -0.25) is 4.99 Å². The van der Waals surface area contributed by atoms with Crippen LogP contribution < -0.4 is 5.32 Å². The van der Waals surface area contributed by atoms with Crippen molar-refractivity contribution in [2.24, 2.45) is 10.9 Å². The summed E-state index contributed by atoms with van der Waals surface area (Å²) in [6.07, 6.45) is 0.729. The van der Waals surface area contributed by atoms with Crippen molar-refractivity contribution in [1.82, 2.24) is 10.2 Å². The summed E-state index contributed by atoms with van der Waals surface area (Å²) in [5.74, 6) is 1.57. The van der Waals surface area contributed by atoms with Crippen LogP contribution in [-0.2, 0) is 16.4 Å². The number of sulfone groups is 1. The van der Waals surface area contributed by atoms with Gasteiger partial charge >= 0.3 is 0 Å². The molecule has 6 heteroatoms. The van der Waals surface area contributed by atoms with E-state index < -0.39 is 9.84 Å². The molecule has 1 aromatic carbocycles. The Morgan fingerprint density at radius 2 is 2.13 bits per heavy atom. The zero-order chi connectivity index (χ0) is 16.9. The van der Waals surface area contributed by atoms with Gasteiger partial charge in [0.05, 0.1) is 11.5 Å². The van der Waals surface area contributed by atoms with Gasteiger partial charge in [0.25, 0.3) is 0 Å². The predicted octanol–water partition coefficient (Wildman–Crippen LogP) is 1.83. The first-order valence-electron chi connectivity index (χ1n) is 8.15. The SMILES string of the molecule is CCNC(=NCC1CCS(=O)(=O)C1)N(C)Cc1ccccc1C. The molecule has 1 aliphatic heterocycles. The van der Waals surface area contributed by atoms with E-state index in [0.717, 1.165) is 25.5 Å². The molecule has 0 bridgehead atoms. The first kappa shape index (κ1) is 17.8. The molecule has 1 atom stereocenters. The van der Waals surface area contributed by atoms with Crippen LogP contribution in [0.3, 0.4) is 0 Å². The fourth-order valence-electron chi connectivity index (χ4n) is 2.82. The van der Waals surface area contributed by atoms with Gasteiger partial charge in [0.2, 0.25) is 0 Å². The van der Waals surface area contributed by atoms with Gasteiger partial charge in [-0.25, -0.2) is 8.42 Å². The van der Waals surface area contributed by atoms with Crippen LogP contribution in [0.1, 0.15) is 24.5 Å². The number of rotatable bonds is 5. The van der Waals surface area contributed by atoms with Crippen LogP contribution in [0.2, 0.25) is 0 Å². The summed E-state index contributed by atoms with van der Waals surface area (Å²) in [6.45, 7) is 6.29. The summed E-state index contributed by atoms with van der Waals surface area (Å²) in [4.78, 5) is 6.75. The molecule has 0 amide bonds. The normalized spacial score (nSPS) is 20.5. The molecule has 1 unspecified atom stereocenters. The molecule has 23 heavy (non-hydrogen) atoms. The van der Waals surface area contributed by atoms with Crippen molar-refractivity contribution < 1.29 is 8.42 Å². The lowest BCUT2D eigenvalue weighted by atomic mass is 10.1. The molecule has 1 aromatic rings. The summed E-state index contributed by atoms with van der Waals surface area (Å²) in [7, 11) is -0.820. The Bertz CT molecular complexity index is 656. The highest BCUT2D eigenvalue weighted by molar-refractivity contribution is 7.91. The number of nitrogens with zero attached hydrogens (tertiary/aromatic N) is 2. The Morgan fingerprint density at radius 1 is 1.39 bits per heavy atom. The third kappa shape index (κ3) is 5.23. The van der Waals surface area contributed by atoms with Crippen molar-refractivity contribution >= 4 is 15.8 Å². The van der Waals surface area contributed by atoms with E-state index in [0.29, 0.717) is 12.3 Å². The molecule has 1 saturated heterocycles. The number of nitrogens with one attached hydrogen (secondary N) is 1. The monoisotopic (exact) mass is 337 g/mol. The summed E-state index contributed by atoms with van der Waals surface area (Å²) < 4.78 is 23.1. The van der Waals surface area contributed by atoms with Crippen LogP contribution in [0.5, 0.6) is 0 Å². The van der Waals surface area contributed by atoms with E-state index in [1.807, 2.05) is 26.1 Å². The molecule has 1 fully saturated rings. The van der Waals surface area contributed by atoms with Crippen LogP contribution in [-0.4, -0.2) is 50.9 Å². The van der Waals surface area contributed by atoms with Gasteiger partial charge in [-0.15, -0.1) is 0 Å². The average molecular weight is 337 g/mol. The summed E-state index contributed by atoms with van der Waals surface area (Å²) in [5, 5.41) is 3.29. The van der Waals surface area contributed by atoms with E-state index in [2.05, 4.69) is 34.3 Å². The maximum absolute atomic E-state index is 11.5. The van der Waals surface area contributed by atoms with Gasteiger partial charge in [0.1, 0.15) is 0 Å². The zero-order valence-electron chi connectivity index (χ0n) is 14.2. The lowest BCUT2D eigenvalue weighted by molar-refractivity contribution is 0.471. The Hall–Kier alpha value is -1.56. The van der Waals surface area contributed by atoms with E-state index in [1.54, 1.807) is 0 Å². The van der Waals surface area contributed by atoms with E-state index >= 15 is 0 Å². The molecular formula is C17H27N3O2S. The fraction of sp³-hybridized carbons (Fsp3) is 0.588. The molecular weight excluding hydrogens is 310 g/mol. The third-order valence-electron chi connectivity index (χ3n) is 4.19. The van der Waals surface area contributed by atoms with Crippen molar-refractivity contribution in [2.45, 2.75) is 26.8 Å². The maximum atomic E-state index is 11.5. The first-order valence-corrected chi connectivity index (χ1v) is 9.98. The number of hydrogen-bond acceptors (Lipinski definition) is 3. The van der Waals surface area contributed by atoms with Crippen molar-refractivity contribution in [1.29, 1.82) is 0 Å². The molecule has 0 radical (unpaired) electrons. The van der Waals surface area contributed by atoms with E-state index in [9.17, 15) is 8.42 Å². The van der Waals surface area contributed by atoms with E-state index in [-0.39, 0.29) is 11.7 Å². The highest BCUT2D eigenvalue weighted by atomic mass is 32.2. The second kappa shape index (κ2) is 7.81. The summed E-state index contributed by atoms with van der Waals surface area (Å²) in [6, 6.07) is 8.32. The Balaban J connectivity index is 2.02. The molecule has 0 saturated carbocycles. The Morgan fingerprint density at radius 3 is 2.74 bits per heavy atom. The fourth-order valence-corrected chi connectivity index (χ4v) is 4.67. The average Bonchev–Trinajstić information content (AvgIpc) is 2.85. The largest absolute Gasteiger partial charge is 0.357 e. The van der Waals surface area contributed by atoms with Gasteiger partial charge in [-0.05, 0) is 37.3 Å². The van der Waals surface area contributed by atoms with Gasteiger partial charge in [-0.2, -0.15) is 0 Å². The van der Waals surface area contributed by atoms with E-state index in [1.165, 1.54) is 11.1 Å². The van der Waals surface area contributed by atoms with Gasteiger partial charge in [-0.1, -0.05) is 24.3 Å². The van der Waals surface area contributed by atoms with Gasteiger partial charge in [0, 0.05) is 26.7 Å². The van der Waals surface area contributed by atoms with Crippen LogP contribution in [0.4, 0.5) is 0 Å². The van der Waals surface area contributed by atoms with Crippen LogP contribution >= 0.6 is 0 Å². The molecule has 0 aliphatic carbocycles. The first-order chi connectivity index (χ1) is 10.9. The maximum Gasteiger partial charge on any atom is 0.193 e. The second-order valence-electron chi connectivity index (χ2n) is 6.25. The molecule has 128 valence electrons. The zero-order valence-corrected chi connectivity index (χ0v) is 15.1. The van der Waals surface area contributed by atoms with Crippen molar-refractivity contribution in [3.05, 3.63) is 35.4 Å². The smallest absolute Gasteiger partial charge is 0.193 e. The standard InChI is InChI=1S/C17H27N3O2S/c1-4-18-17(19-11-15-9-10-23(21,22)13-15)20(3)12-16-8-6-5-7-14(16)2/h5-8,15H,4,9-13H2,1-3H3,(H,18,19). The molecule has 5 nitrogen and oxygen atoms in total. The lowest BCUT2D eigenvalue weighted by Crippen LogP contribution is -2.39. The molecule has 1 N–H and O–H groups in total. The predicted molar refractivity (Wildman–Crippen MR) is 95.4 cm³/mol. The minimum Gasteiger partial charge on any atom is -0.357 e. The minimum absolute atomic E-state index is 0.153. The summed E-state index contributed by atoms with van der Waals surface area (Å²) in [5.41, 5.74) is 2.53. The second-order valence-corrected chi connectivity index (χ2v) is 8.47. The van der Waals surface area contributed by atoms with Crippen molar-refractivity contribution in [3.63, 3.8) is 0 Å². The lowest BCUT2D eigenvalue weighted by Gasteiger charge is -2.23. The van der Waals surface area contributed by atoms with Crippen LogP contribution in [0.25, 0.3) is 0 Å². The Kier molecular flexibility index (Phi) is 6.04. The highest BCUT2D eigenvalue weighted by Crippen LogP contribution is 2.18. The van der Waals surface area contributed by atoms with Gasteiger partial charge < -0.3 is 10.2 Å². The molecule has 0 aromatic heterocycles. The van der Waals surface area contributed by atoms with Crippen LogP contribution in [0, 0.1) is 12.8 Å². The van der Waals surface area contributed by atoms with Crippen LogP contribution in [0.15, 0.2) is 29.3 Å². The quantitative estimate of drug-likeness (QED) is 0.658. The topological polar surface area (TPSA) is 61.8 Å². The Labute approximate surface area is 139 Å². The number of benzene rings is 1. The number of guanidine groups is 1. The molecule has 2 rings (SSSR count). The molecule has 0 spiro atoms. The van der Waals surface area contributed by atoms with Crippen molar-refractivity contribution in [3.8, 4) is 0 Å². The highest BCUT2D eigenvalue weighted by Gasteiger charge is 2.27. The number of aliphatic imine (C=N–C) groups is 1. The third-order valence-corrected chi connectivity index (χ3v) is 6.03. The van der Waals surface area contributed by atoms with Crippen molar-refractivity contribution in [2.75, 3.05) is 31.6 Å².